The average molecular weight is 506 g/mol. The summed E-state index contributed by atoms with van der Waals surface area (Å²) in [6.45, 7) is 0.409. The Morgan fingerprint density at radius 2 is 1.52 bits per heavy atom. The molecule has 1 aromatic heterocycles. The molecular formula is C25H20BrN3O4. The first-order chi connectivity index (χ1) is 16.0. The highest BCUT2D eigenvalue weighted by Crippen LogP contribution is 2.48. The zero-order valence-corrected chi connectivity index (χ0v) is 19.1. The van der Waals surface area contributed by atoms with E-state index >= 15 is 0 Å². The van der Waals surface area contributed by atoms with Crippen LogP contribution in [0.4, 0.5) is 11.4 Å². The molecule has 0 aliphatic heterocycles. The van der Waals surface area contributed by atoms with Crippen LogP contribution in [0.15, 0.2) is 89.5 Å². The minimum absolute atomic E-state index is 0.0504. The van der Waals surface area contributed by atoms with Gasteiger partial charge in [0.15, 0.2) is 0 Å². The van der Waals surface area contributed by atoms with Crippen LogP contribution in [-0.4, -0.2) is 9.91 Å². The van der Waals surface area contributed by atoms with Gasteiger partial charge in [-0.25, -0.2) is 0 Å². The van der Waals surface area contributed by atoms with Crippen LogP contribution in [0.3, 0.4) is 0 Å². The van der Waals surface area contributed by atoms with E-state index in [2.05, 4.69) is 20.9 Å². The first-order valence-electron chi connectivity index (χ1n) is 10.1. The van der Waals surface area contributed by atoms with Crippen molar-refractivity contribution in [2.75, 3.05) is 5.73 Å². The fraction of sp³-hybridized carbons (Fsp3) is 0.0800. The number of nitrogens with two attached hydrogens (primary N) is 1. The van der Waals surface area contributed by atoms with Crippen molar-refractivity contribution in [3.63, 3.8) is 0 Å². The molecule has 166 valence electrons. The topological polar surface area (TPSA) is 101 Å². The van der Waals surface area contributed by atoms with Crippen molar-refractivity contribution in [3.05, 3.63) is 111 Å². The van der Waals surface area contributed by atoms with Gasteiger partial charge in [0.25, 0.3) is 0 Å². The molecule has 0 aliphatic carbocycles. The van der Waals surface area contributed by atoms with Gasteiger partial charge in [-0.05, 0) is 45.3 Å². The summed E-state index contributed by atoms with van der Waals surface area (Å²) >= 11 is 3.47. The van der Waals surface area contributed by atoms with Gasteiger partial charge in [0.2, 0.25) is 5.75 Å². The van der Waals surface area contributed by atoms with Crippen LogP contribution in [0.25, 0.3) is 11.3 Å². The second kappa shape index (κ2) is 10.1. The van der Waals surface area contributed by atoms with E-state index in [0.717, 1.165) is 11.1 Å². The summed E-state index contributed by atoms with van der Waals surface area (Å²) < 4.78 is 12.4. The number of benzene rings is 3. The van der Waals surface area contributed by atoms with Crippen LogP contribution in [-0.2, 0) is 13.2 Å². The third-order valence-electron chi connectivity index (χ3n) is 4.90. The molecule has 33 heavy (non-hydrogen) atoms. The van der Waals surface area contributed by atoms with Crippen molar-refractivity contribution in [1.29, 1.82) is 0 Å². The monoisotopic (exact) mass is 505 g/mol. The molecule has 7 nitrogen and oxygen atoms in total. The van der Waals surface area contributed by atoms with Crippen molar-refractivity contribution in [2.24, 2.45) is 0 Å². The van der Waals surface area contributed by atoms with Gasteiger partial charge in [-0.15, -0.1) is 0 Å². The van der Waals surface area contributed by atoms with Crippen molar-refractivity contribution in [3.8, 4) is 22.8 Å². The zero-order valence-electron chi connectivity index (χ0n) is 17.5. The van der Waals surface area contributed by atoms with E-state index in [1.165, 1.54) is 6.20 Å². The molecule has 2 N–H and O–H groups in total. The van der Waals surface area contributed by atoms with Crippen molar-refractivity contribution < 1.29 is 14.4 Å². The molecule has 0 aliphatic rings. The highest BCUT2D eigenvalue weighted by atomic mass is 79.9. The van der Waals surface area contributed by atoms with E-state index < -0.39 is 4.92 Å². The smallest absolute Gasteiger partial charge is 0.321 e. The highest BCUT2D eigenvalue weighted by Gasteiger charge is 2.30. The Labute approximate surface area is 199 Å². The Morgan fingerprint density at radius 3 is 2.09 bits per heavy atom. The highest BCUT2D eigenvalue weighted by molar-refractivity contribution is 9.10. The van der Waals surface area contributed by atoms with Crippen LogP contribution in [0.5, 0.6) is 11.5 Å². The third-order valence-corrected chi connectivity index (χ3v) is 5.65. The molecule has 0 radical (unpaired) electrons. The standard InChI is InChI=1S/C25H20BrN3O4/c26-22-21(32-15-17-8-3-1-4-9-17)14-19(23-20(27)12-7-13-28-23)24(29(30)31)25(22)33-16-18-10-5-2-6-11-18/h1-14H,15-16,27H2. The number of hydrogen-bond acceptors (Lipinski definition) is 6. The summed E-state index contributed by atoms with van der Waals surface area (Å²) in [6.07, 6.45) is 1.53. The lowest BCUT2D eigenvalue weighted by atomic mass is 10.1. The van der Waals surface area contributed by atoms with E-state index in [1.54, 1.807) is 18.2 Å². The number of pyridine rings is 1. The predicted molar refractivity (Wildman–Crippen MR) is 130 cm³/mol. The Hall–Kier alpha value is -3.91. The van der Waals surface area contributed by atoms with Crippen LogP contribution in [0.2, 0.25) is 0 Å². The summed E-state index contributed by atoms with van der Waals surface area (Å²) in [4.78, 5) is 16.0. The molecule has 0 bridgehead atoms. The second-order valence-corrected chi connectivity index (χ2v) is 7.95. The number of rotatable bonds is 8. The maximum Gasteiger partial charge on any atom is 0.321 e. The van der Waals surface area contributed by atoms with Gasteiger partial charge in [-0.1, -0.05) is 60.7 Å². The average Bonchev–Trinajstić information content (AvgIpc) is 2.84. The molecule has 4 rings (SSSR count). The van der Waals surface area contributed by atoms with Gasteiger partial charge < -0.3 is 15.2 Å². The molecule has 8 heteroatoms. The molecule has 1 heterocycles. The molecule has 4 aromatic rings. The number of aromatic nitrogens is 1. The number of ether oxygens (including phenoxy) is 2. The minimum Gasteiger partial charge on any atom is -0.488 e. The van der Waals surface area contributed by atoms with Gasteiger partial charge >= 0.3 is 5.69 Å². The van der Waals surface area contributed by atoms with E-state index in [9.17, 15) is 10.1 Å². The number of anilines is 1. The quantitative estimate of drug-likeness (QED) is 0.227. The first kappa shape index (κ1) is 22.3. The third kappa shape index (κ3) is 5.12. The minimum atomic E-state index is -0.491. The van der Waals surface area contributed by atoms with Crippen LogP contribution < -0.4 is 15.2 Å². The van der Waals surface area contributed by atoms with Crippen molar-refractivity contribution >= 4 is 27.3 Å². The normalized spacial score (nSPS) is 10.6. The van der Waals surface area contributed by atoms with Crippen LogP contribution in [0, 0.1) is 10.1 Å². The maximum atomic E-state index is 12.2. The van der Waals surface area contributed by atoms with E-state index in [0.29, 0.717) is 15.9 Å². The summed E-state index contributed by atoms with van der Waals surface area (Å²) in [5.74, 6) is 0.432. The number of nitrogen functional groups attached to an aromatic ring is 1. The lowest BCUT2D eigenvalue weighted by Crippen LogP contribution is -2.05. The lowest BCUT2D eigenvalue weighted by Gasteiger charge is -2.16. The maximum absolute atomic E-state index is 12.2. The number of nitrogens with zero attached hydrogens (tertiary/aromatic N) is 2. The second-order valence-electron chi connectivity index (χ2n) is 7.16. The number of nitro groups is 1. The van der Waals surface area contributed by atoms with Crippen LogP contribution >= 0.6 is 15.9 Å². The molecule has 0 atom stereocenters. The Balaban J connectivity index is 1.81. The molecule has 3 aromatic carbocycles. The predicted octanol–water partition coefficient (Wildman–Crippen LogP) is 6.16. The molecule has 0 saturated heterocycles. The summed E-state index contributed by atoms with van der Waals surface area (Å²) in [7, 11) is 0. The molecule has 0 spiro atoms. The van der Waals surface area contributed by atoms with E-state index in [1.807, 2.05) is 60.7 Å². The van der Waals surface area contributed by atoms with Gasteiger partial charge in [0, 0.05) is 6.20 Å². The van der Waals surface area contributed by atoms with Crippen LogP contribution in [0.1, 0.15) is 11.1 Å². The zero-order chi connectivity index (χ0) is 23.2. The van der Waals surface area contributed by atoms with Crippen molar-refractivity contribution in [1.82, 2.24) is 4.98 Å². The van der Waals surface area contributed by atoms with Gasteiger partial charge in [-0.3, -0.25) is 15.1 Å². The summed E-state index contributed by atoms with van der Waals surface area (Å²) in [6, 6.07) is 23.9. The number of halogens is 1. The molecular weight excluding hydrogens is 486 g/mol. The Morgan fingerprint density at radius 1 is 0.909 bits per heavy atom. The fourth-order valence-corrected chi connectivity index (χ4v) is 3.84. The van der Waals surface area contributed by atoms with E-state index in [4.69, 9.17) is 15.2 Å². The molecule has 0 fully saturated rings. The van der Waals surface area contributed by atoms with Gasteiger partial charge in [0.1, 0.15) is 29.1 Å². The number of hydrogen-bond donors (Lipinski definition) is 1. The van der Waals surface area contributed by atoms with Gasteiger partial charge in [0.05, 0.1) is 16.2 Å². The first-order valence-corrected chi connectivity index (χ1v) is 10.9. The van der Waals surface area contributed by atoms with Crippen molar-refractivity contribution in [2.45, 2.75) is 13.2 Å². The fourth-order valence-electron chi connectivity index (χ4n) is 3.31. The lowest BCUT2D eigenvalue weighted by molar-refractivity contribution is -0.385. The number of nitro benzene ring substituents is 1. The molecule has 0 saturated carbocycles. The summed E-state index contributed by atoms with van der Waals surface area (Å²) in [5.41, 5.74) is 8.50. The van der Waals surface area contributed by atoms with E-state index in [-0.39, 0.29) is 35.9 Å². The largest absolute Gasteiger partial charge is 0.488 e. The Bertz CT molecular complexity index is 1270. The summed E-state index contributed by atoms with van der Waals surface area (Å²) in [5, 5.41) is 12.2. The SMILES string of the molecule is Nc1cccnc1-c1cc(OCc2ccccc2)c(Br)c(OCc2ccccc2)c1[N+](=O)[O-]. The van der Waals surface area contributed by atoms with Gasteiger partial charge in [-0.2, -0.15) is 0 Å². The molecule has 0 amide bonds. The Kier molecular flexibility index (Phi) is 6.85. The molecule has 0 unspecified atom stereocenters.